The average molecular weight is 380 g/mol. The first-order chi connectivity index (χ1) is 12.9. The molecular weight excluding hydrogens is 360 g/mol. The van der Waals surface area contributed by atoms with Crippen LogP contribution in [-0.2, 0) is 12.0 Å². The number of fused-ring (bicyclic) bond motifs is 1. The van der Waals surface area contributed by atoms with Gasteiger partial charge >= 0.3 is 5.76 Å². The Hall–Kier alpha value is -2.86. The smallest absolute Gasteiger partial charge is 0.423 e. The van der Waals surface area contributed by atoms with E-state index in [1.807, 2.05) is 63.2 Å². The maximum Gasteiger partial charge on any atom is 0.423 e. The summed E-state index contributed by atoms with van der Waals surface area (Å²) in [5.41, 5.74) is 1.52. The predicted molar refractivity (Wildman–Crippen MR) is 107 cm³/mol. The first-order valence-electron chi connectivity index (χ1n) is 8.71. The minimum absolute atomic E-state index is 0.218. The van der Waals surface area contributed by atoms with Gasteiger partial charge in [-0.25, -0.2) is 14.3 Å². The minimum Gasteiger partial charge on any atom is -0.486 e. The fourth-order valence-electron chi connectivity index (χ4n) is 2.70. The van der Waals surface area contributed by atoms with Gasteiger partial charge in [0.1, 0.15) is 23.1 Å². The molecule has 0 radical (unpaired) electrons. The molecular formula is C21H20N2O3S. The van der Waals surface area contributed by atoms with E-state index in [1.165, 1.54) is 4.57 Å². The molecule has 0 aliphatic heterocycles. The molecule has 0 atom stereocenters. The van der Waals surface area contributed by atoms with Gasteiger partial charge in [0.15, 0.2) is 0 Å². The van der Waals surface area contributed by atoms with Gasteiger partial charge in [-0.1, -0.05) is 32.9 Å². The van der Waals surface area contributed by atoms with Crippen molar-refractivity contribution in [1.29, 1.82) is 0 Å². The highest BCUT2D eigenvalue weighted by atomic mass is 32.1. The lowest BCUT2D eigenvalue weighted by atomic mass is 9.94. The zero-order valence-corrected chi connectivity index (χ0v) is 16.2. The fraction of sp³-hybridized carbons (Fsp3) is 0.238. The summed E-state index contributed by atoms with van der Waals surface area (Å²) in [6.45, 7) is 6.44. The van der Waals surface area contributed by atoms with Gasteiger partial charge in [0.05, 0.1) is 22.1 Å². The van der Waals surface area contributed by atoms with Crippen molar-refractivity contribution in [3.63, 3.8) is 0 Å². The van der Waals surface area contributed by atoms with Crippen LogP contribution in [0.5, 0.6) is 5.75 Å². The number of oxazole rings is 1. The number of aromatic nitrogens is 2. The average Bonchev–Trinajstić information content (AvgIpc) is 3.23. The molecule has 0 spiro atoms. The van der Waals surface area contributed by atoms with Crippen LogP contribution in [-0.4, -0.2) is 9.55 Å². The van der Waals surface area contributed by atoms with E-state index in [0.717, 1.165) is 26.7 Å². The van der Waals surface area contributed by atoms with Crippen LogP contribution in [0.4, 0.5) is 0 Å². The Balaban J connectivity index is 1.49. The summed E-state index contributed by atoms with van der Waals surface area (Å²) in [4.78, 5) is 16.7. The Kier molecular flexibility index (Phi) is 4.36. The van der Waals surface area contributed by atoms with E-state index in [1.54, 1.807) is 17.5 Å². The van der Waals surface area contributed by atoms with E-state index < -0.39 is 0 Å². The summed E-state index contributed by atoms with van der Waals surface area (Å²) in [5.74, 6) is 0.998. The number of para-hydroxylation sites is 1. The van der Waals surface area contributed by atoms with Crippen LogP contribution in [0.15, 0.2) is 63.9 Å². The number of rotatable bonds is 4. The van der Waals surface area contributed by atoms with Crippen LogP contribution in [0.2, 0.25) is 0 Å². The lowest BCUT2D eigenvalue weighted by Crippen LogP contribution is -2.10. The molecule has 2 aromatic heterocycles. The molecule has 0 unspecified atom stereocenters. The van der Waals surface area contributed by atoms with Gasteiger partial charge in [-0.15, -0.1) is 11.3 Å². The zero-order valence-electron chi connectivity index (χ0n) is 15.4. The second-order valence-corrected chi connectivity index (χ2v) is 8.45. The summed E-state index contributed by atoms with van der Waals surface area (Å²) in [6.07, 6.45) is 1.75. The first-order valence-corrected chi connectivity index (χ1v) is 9.52. The van der Waals surface area contributed by atoms with Crippen LogP contribution in [0, 0.1) is 0 Å². The molecule has 0 saturated carbocycles. The molecule has 4 aromatic rings. The van der Waals surface area contributed by atoms with Crippen molar-refractivity contribution in [1.82, 2.24) is 9.55 Å². The number of thiazole rings is 1. The molecule has 0 N–H and O–H groups in total. The molecule has 0 amide bonds. The molecule has 27 heavy (non-hydrogen) atoms. The second kappa shape index (κ2) is 6.70. The van der Waals surface area contributed by atoms with Crippen molar-refractivity contribution in [2.24, 2.45) is 0 Å². The number of hydrogen-bond donors (Lipinski definition) is 0. The molecule has 0 saturated heterocycles. The van der Waals surface area contributed by atoms with Crippen molar-refractivity contribution in [3.05, 3.63) is 76.0 Å². The van der Waals surface area contributed by atoms with Crippen molar-refractivity contribution < 1.29 is 9.15 Å². The van der Waals surface area contributed by atoms with Crippen LogP contribution < -0.4 is 10.5 Å². The van der Waals surface area contributed by atoms with E-state index in [-0.39, 0.29) is 11.2 Å². The number of benzene rings is 2. The lowest BCUT2D eigenvalue weighted by molar-refractivity contribution is 0.306. The summed E-state index contributed by atoms with van der Waals surface area (Å²) in [6, 6.07) is 15.4. The molecule has 0 fully saturated rings. The van der Waals surface area contributed by atoms with Crippen LogP contribution in [0.3, 0.4) is 0 Å². The molecule has 4 rings (SSSR count). The van der Waals surface area contributed by atoms with Crippen LogP contribution in [0.1, 0.15) is 31.5 Å². The van der Waals surface area contributed by atoms with Gasteiger partial charge in [-0.05, 0) is 36.4 Å². The van der Waals surface area contributed by atoms with Gasteiger partial charge in [0, 0.05) is 5.41 Å². The Morgan fingerprint density at radius 2 is 1.85 bits per heavy atom. The van der Waals surface area contributed by atoms with Crippen molar-refractivity contribution in [2.45, 2.75) is 32.8 Å². The van der Waals surface area contributed by atoms with Crippen molar-refractivity contribution >= 4 is 21.6 Å². The third-order valence-electron chi connectivity index (χ3n) is 4.19. The monoisotopic (exact) mass is 380 g/mol. The van der Waals surface area contributed by atoms with E-state index in [2.05, 4.69) is 11.1 Å². The molecule has 6 heteroatoms. The van der Waals surface area contributed by atoms with E-state index in [9.17, 15) is 4.79 Å². The third kappa shape index (κ3) is 3.66. The summed E-state index contributed by atoms with van der Waals surface area (Å²) in [7, 11) is 0. The predicted octanol–water partition coefficient (Wildman–Crippen LogP) is 4.92. The highest BCUT2D eigenvalue weighted by Crippen LogP contribution is 2.24. The SMILES string of the molecule is CC(C)(C)c1cn(-c2ccc(OCc3nc4ccccc4s3)cc2)c(=O)o1. The largest absolute Gasteiger partial charge is 0.486 e. The number of nitrogens with zero attached hydrogens (tertiary/aromatic N) is 2. The molecule has 138 valence electrons. The summed E-state index contributed by atoms with van der Waals surface area (Å²) in [5, 5.41) is 0.932. The normalized spacial score (nSPS) is 11.8. The van der Waals surface area contributed by atoms with Gasteiger partial charge < -0.3 is 9.15 Å². The van der Waals surface area contributed by atoms with E-state index >= 15 is 0 Å². The van der Waals surface area contributed by atoms with Gasteiger partial charge in [-0.2, -0.15) is 0 Å². The van der Waals surface area contributed by atoms with Gasteiger partial charge in [0.2, 0.25) is 0 Å². The lowest BCUT2D eigenvalue weighted by Gasteiger charge is -2.12. The highest BCUT2D eigenvalue weighted by molar-refractivity contribution is 7.18. The highest BCUT2D eigenvalue weighted by Gasteiger charge is 2.20. The Labute approximate surface area is 160 Å². The Morgan fingerprint density at radius 1 is 1.11 bits per heavy atom. The van der Waals surface area contributed by atoms with E-state index in [0.29, 0.717) is 12.4 Å². The molecule has 0 aliphatic carbocycles. The van der Waals surface area contributed by atoms with Crippen molar-refractivity contribution in [3.8, 4) is 11.4 Å². The Morgan fingerprint density at radius 3 is 2.52 bits per heavy atom. The van der Waals surface area contributed by atoms with Gasteiger partial charge in [-0.3, -0.25) is 0 Å². The topological polar surface area (TPSA) is 57.3 Å². The second-order valence-electron chi connectivity index (χ2n) is 7.34. The molecule has 0 aliphatic rings. The summed E-state index contributed by atoms with van der Waals surface area (Å²) >= 11 is 1.63. The molecule has 2 aromatic carbocycles. The van der Waals surface area contributed by atoms with Crippen LogP contribution in [0.25, 0.3) is 15.9 Å². The maximum atomic E-state index is 12.1. The third-order valence-corrected chi connectivity index (χ3v) is 5.20. The fourth-order valence-corrected chi connectivity index (χ4v) is 3.58. The minimum atomic E-state index is -0.386. The van der Waals surface area contributed by atoms with Crippen LogP contribution >= 0.6 is 11.3 Å². The Bertz CT molecular complexity index is 1100. The van der Waals surface area contributed by atoms with Crippen molar-refractivity contribution in [2.75, 3.05) is 0 Å². The molecule has 5 nitrogen and oxygen atoms in total. The first kappa shape index (κ1) is 17.5. The van der Waals surface area contributed by atoms with E-state index in [4.69, 9.17) is 9.15 Å². The number of hydrogen-bond acceptors (Lipinski definition) is 5. The molecule has 2 heterocycles. The number of ether oxygens (including phenoxy) is 1. The maximum absolute atomic E-state index is 12.1. The van der Waals surface area contributed by atoms with Gasteiger partial charge in [0.25, 0.3) is 0 Å². The zero-order chi connectivity index (χ0) is 19.0. The standard InChI is InChI=1S/C21H20N2O3S/c1-21(2,3)18-12-23(20(24)26-18)14-8-10-15(11-9-14)25-13-19-22-16-6-4-5-7-17(16)27-19/h4-12H,13H2,1-3H3. The summed E-state index contributed by atoms with van der Waals surface area (Å²) < 4.78 is 13.9. The molecule has 0 bridgehead atoms. The quantitative estimate of drug-likeness (QED) is 0.504.